The van der Waals surface area contributed by atoms with Crippen molar-refractivity contribution in [1.29, 1.82) is 0 Å². The first-order chi connectivity index (χ1) is 6.48. The van der Waals surface area contributed by atoms with E-state index < -0.39 is 6.04 Å². The molecule has 2 N–H and O–H groups in total. The Hall–Kier alpha value is -0.640. The van der Waals surface area contributed by atoms with Crippen molar-refractivity contribution < 1.29 is 9.18 Å². The van der Waals surface area contributed by atoms with Gasteiger partial charge in [-0.25, -0.2) is 0 Å². The van der Waals surface area contributed by atoms with Crippen LogP contribution in [0, 0.1) is 5.41 Å². The molecule has 1 fully saturated rings. The molecule has 1 amide bonds. The Morgan fingerprint density at radius 3 is 2.43 bits per heavy atom. The van der Waals surface area contributed by atoms with Gasteiger partial charge in [-0.1, -0.05) is 6.92 Å². The number of hydrogen-bond acceptors (Lipinski definition) is 2. The summed E-state index contributed by atoms with van der Waals surface area (Å²) in [5.74, 6) is -0.0223. The van der Waals surface area contributed by atoms with E-state index in [0.717, 1.165) is 12.8 Å². The summed E-state index contributed by atoms with van der Waals surface area (Å²) < 4.78 is 12.6. The molecule has 1 rings (SSSR count). The Kier molecular flexibility index (Phi) is 3.48. The Balaban J connectivity index is 2.47. The summed E-state index contributed by atoms with van der Waals surface area (Å²) in [6.45, 7) is 4.60. The van der Waals surface area contributed by atoms with Gasteiger partial charge in [0.05, 0.1) is 12.7 Å². The van der Waals surface area contributed by atoms with Crippen LogP contribution in [-0.4, -0.2) is 36.6 Å². The fraction of sp³-hybridized carbons (Fsp3) is 0.900. The molecule has 0 aliphatic carbocycles. The van der Waals surface area contributed by atoms with Gasteiger partial charge in [0, 0.05) is 13.1 Å². The number of nitrogens with zero attached hydrogens (tertiary/aromatic N) is 1. The summed E-state index contributed by atoms with van der Waals surface area (Å²) in [5, 5.41) is 0. The average Bonchev–Trinajstić information content (AvgIpc) is 2.18. The van der Waals surface area contributed by atoms with Crippen molar-refractivity contribution in [1.82, 2.24) is 4.90 Å². The molecule has 0 saturated carbocycles. The Labute approximate surface area is 84.4 Å². The summed E-state index contributed by atoms with van der Waals surface area (Å²) in [4.78, 5) is 13.2. The highest BCUT2D eigenvalue weighted by molar-refractivity contribution is 5.81. The number of alkyl halides is 1. The minimum atomic E-state index is -0.440. The van der Waals surface area contributed by atoms with Crippen LogP contribution in [0.3, 0.4) is 0 Å². The molecule has 1 aliphatic heterocycles. The van der Waals surface area contributed by atoms with Crippen LogP contribution in [0.5, 0.6) is 0 Å². The number of rotatable bonds is 2. The zero-order valence-corrected chi connectivity index (χ0v) is 8.92. The quantitative estimate of drug-likeness (QED) is 0.724. The molecule has 0 aromatic rings. The Morgan fingerprint density at radius 2 is 2.07 bits per heavy atom. The van der Waals surface area contributed by atoms with Gasteiger partial charge in [0.15, 0.2) is 0 Å². The van der Waals surface area contributed by atoms with E-state index in [4.69, 9.17) is 5.73 Å². The van der Waals surface area contributed by atoms with E-state index in [2.05, 4.69) is 0 Å². The monoisotopic (exact) mass is 202 g/mol. The van der Waals surface area contributed by atoms with Crippen molar-refractivity contribution in [2.45, 2.75) is 32.7 Å². The Morgan fingerprint density at radius 1 is 1.57 bits per heavy atom. The minimum Gasteiger partial charge on any atom is -0.341 e. The zero-order chi connectivity index (χ0) is 10.8. The number of hydrogen-bond donors (Lipinski definition) is 1. The lowest BCUT2D eigenvalue weighted by Crippen LogP contribution is -2.48. The molecular weight excluding hydrogens is 183 g/mol. The summed E-state index contributed by atoms with van der Waals surface area (Å²) in [6, 6.07) is -0.440. The SMILES string of the molecule is C[C@H](N)C(=O)N1CCC(C)(CF)CC1. The maximum absolute atomic E-state index is 12.6. The first-order valence-corrected chi connectivity index (χ1v) is 5.09. The van der Waals surface area contributed by atoms with Gasteiger partial charge in [-0.3, -0.25) is 9.18 Å². The summed E-state index contributed by atoms with van der Waals surface area (Å²) in [5.41, 5.74) is 5.27. The molecular formula is C10H19FN2O. The third-order valence-corrected chi connectivity index (χ3v) is 2.99. The van der Waals surface area contributed by atoms with Crippen LogP contribution in [0.1, 0.15) is 26.7 Å². The van der Waals surface area contributed by atoms with Gasteiger partial charge < -0.3 is 10.6 Å². The van der Waals surface area contributed by atoms with Gasteiger partial charge in [0.2, 0.25) is 5.91 Å². The maximum atomic E-state index is 12.6. The van der Waals surface area contributed by atoms with E-state index >= 15 is 0 Å². The molecule has 4 heteroatoms. The number of halogens is 1. The second-order valence-electron chi connectivity index (χ2n) is 4.56. The summed E-state index contributed by atoms with van der Waals surface area (Å²) in [7, 11) is 0. The van der Waals surface area contributed by atoms with Crippen molar-refractivity contribution in [2.75, 3.05) is 19.8 Å². The highest BCUT2D eigenvalue weighted by Gasteiger charge is 2.32. The minimum absolute atomic E-state index is 0.0223. The lowest BCUT2D eigenvalue weighted by molar-refractivity contribution is -0.134. The molecule has 1 saturated heterocycles. The number of likely N-dealkylation sites (tertiary alicyclic amines) is 1. The topological polar surface area (TPSA) is 46.3 Å². The molecule has 14 heavy (non-hydrogen) atoms. The number of carbonyl (C=O) groups excluding carboxylic acids is 1. The molecule has 0 spiro atoms. The second-order valence-corrected chi connectivity index (χ2v) is 4.56. The fourth-order valence-electron chi connectivity index (χ4n) is 1.69. The first-order valence-electron chi connectivity index (χ1n) is 5.09. The fourth-order valence-corrected chi connectivity index (χ4v) is 1.69. The second kappa shape index (κ2) is 4.26. The van der Waals surface area contributed by atoms with E-state index in [9.17, 15) is 9.18 Å². The van der Waals surface area contributed by atoms with Crippen LogP contribution >= 0.6 is 0 Å². The number of amides is 1. The van der Waals surface area contributed by atoms with Crippen LogP contribution in [0.2, 0.25) is 0 Å². The highest BCUT2D eigenvalue weighted by atomic mass is 19.1. The van der Waals surface area contributed by atoms with Gasteiger partial charge in [-0.15, -0.1) is 0 Å². The predicted octanol–water partition coefficient (Wildman–Crippen LogP) is 0.932. The third-order valence-electron chi connectivity index (χ3n) is 2.99. The van der Waals surface area contributed by atoms with E-state index in [0.29, 0.717) is 13.1 Å². The number of carbonyl (C=O) groups is 1. The van der Waals surface area contributed by atoms with Crippen LogP contribution in [0.4, 0.5) is 4.39 Å². The van der Waals surface area contributed by atoms with Crippen molar-refractivity contribution in [3.63, 3.8) is 0 Å². The zero-order valence-electron chi connectivity index (χ0n) is 8.92. The molecule has 0 radical (unpaired) electrons. The molecule has 1 heterocycles. The largest absolute Gasteiger partial charge is 0.341 e. The smallest absolute Gasteiger partial charge is 0.239 e. The van der Waals surface area contributed by atoms with Gasteiger partial charge >= 0.3 is 0 Å². The molecule has 0 aromatic carbocycles. The van der Waals surface area contributed by atoms with E-state index in [1.807, 2.05) is 6.92 Å². The van der Waals surface area contributed by atoms with E-state index in [-0.39, 0.29) is 18.0 Å². The highest BCUT2D eigenvalue weighted by Crippen LogP contribution is 2.31. The van der Waals surface area contributed by atoms with Gasteiger partial charge in [0.25, 0.3) is 0 Å². The lowest BCUT2D eigenvalue weighted by Gasteiger charge is -2.38. The van der Waals surface area contributed by atoms with Crippen LogP contribution in [0.15, 0.2) is 0 Å². The molecule has 0 aromatic heterocycles. The van der Waals surface area contributed by atoms with Crippen molar-refractivity contribution >= 4 is 5.91 Å². The Bertz CT molecular complexity index is 210. The predicted molar refractivity (Wildman–Crippen MR) is 53.5 cm³/mol. The molecule has 3 nitrogen and oxygen atoms in total. The van der Waals surface area contributed by atoms with Gasteiger partial charge in [-0.2, -0.15) is 0 Å². The first kappa shape index (κ1) is 11.4. The standard InChI is InChI=1S/C10H19FN2O/c1-8(12)9(14)13-5-3-10(2,7-11)4-6-13/h8H,3-7,12H2,1-2H3/t8-/m0/s1. The number of piperidine rings is 1. The normalized spacial score (nSPS) is 23.3. The summed E-state index contributed by atoms with van der Waals surface area (Å²) in [6.07, 6.45) is 1.48. The molecule has 1 aliphatic rings. The van der Waals surface area contributed by atoms with Crippen LogP contribution in [-0.2, 0) is 4.79 Å². The van der Waals surface area contributed by atoms with Crippen LogP contribution < -0.4 is 5.73 Å². The average molecular weight is 202 g/mol. The van der Waals surface area contributed by atoms with Crippen LogP contribution in [0.25, 0.3) is 0 Å². The van der Waals surface area contributed by atoms with E-state index in [1.54, 1.807) is 11.8 Å². The van der Waals surface area contributed by atoms with Crippen molar-refractivity contribution in [2.24, 2.45) is 11.1 Å². The third kappa shape index (κ3) is 2.44. The molecule has 0 unspecified atom stereocenters. The van der Waals surface area contributed by atoms with Gasteiger partial charge in [-0.05, 0) is 25.2 Å². The maximum Gasteiger partial charge on any atom is 0.239 e. The lowest BCUT2D eigenvalue weighted by atomic mass is 9.81. The van der Waals surface area contributed by atoms with Crippen molar-refractivity contribution in [3.05, 3.63) is 0 Å². The molecule has 1 atom stereocenters. The van der Waals surface area contributed by atoms with Gasteiger partial charge in [0.1, 0.15) is 0 Å². The van der Waals surface area contributed by atoms with E-state index in [1.165, 1.54) is 0 Å². The molecule has 0 bridgehead atoms. The number of nitrogens with two attached hydrogens (primary N) is 1. The summed E-state index contributed by atoms with van der Waals surface area (Å²) >= 11 is 0. The van der Waals surface area contributed by atoms with Crippen molar-refractivity contribution in [3.8, 4) is 0 Å². The molecule has 82 valence electrons.